The lowest BCUT2D eigenvalue weighted by Gasteiger charge is -2.26. The quantitative estimate of drug-likeness (QED) is 0.768. The average Bonchev–Trinajstić information content (AvgIpc) is 3.03. The lowest BCUT2D eigenvalue weighted by molar-refractivity contribution is -0.0529. The van der Waals surface area contributed by atoms with Gasteiger partial charge in [0.2, 0.25) is 5.88 Å². The van der Waals surface area contributed by atoms with Gasteiger partial charge in [0.15, 0.2) is 0 Å². The Hall–Kier alpha value is -1.96. The maximum Gasteiger partial charge on any atom is 0.388 e. The summed E-state index contributed by atoms with van der Waals surface area (Å²) in [5, 5.41) is 15.4. The molecule has 3 N–H and O–H groups in total. The molecule has 0 radical (unpaired) electrons. The van der Waals surface area contributed by atoms with Gasteiger partial charge in [0.25, 0.3) is 0 Å². The number of ether oxygens (including phenoxy) is 1. The summed E-state index contributed by atoms with van der Waals surface area (Å²) in [7, 11) is 0. The fourth-order valence-electron chi connectivity index (χ4n) is 3.60. The average molecular weight is 327 g/mol. The number of aliphatic hydroxyl groups excluding tert-OH is 1. The molecule has 126 valence electrons. The van der Waals surface area contributed by atoms with Gasteiger partial charge in [0.1, 0.15) is 0 Å². The lowest BCUT2D eigenvalue weighted by atomic mass is 9.93. The fraction of sp³-hybridized carbons (Fsp3) is 0.600. The van der Waals surface area contributed by atoms with E-state index in [0.717, 1.165) is 19.3 Å². The van der Waals surface area contributed by atoms with Gasteiger partial charge in [-0.15, -0.1) is 0 Å². The van der Waals surface area contributed by atoms with Gasteiger partial charge in [-0.3, -0.25) is 0 Å². The minimum Gasteiger partial charge on any atom is -0.417 e. The summed E-state index contributed by atoms with van der Waals surface area (Å²) in [6.07, 6.45) is 3.71. The monoisotopic (exact) mass is 327 g/mol. The van der Waals surface area contributed by atoms with E-state index in [4.69, 9.17) is 0 Å². The van der Waals surface area contributed by atoms with Gasteiger partial charge < -0.3 is 20.5 Å². The molecule has 0 aliphatic heterocycles. The van der Waals surface area contributed by atoms with Crippen LogP contribution in [0.3, 0.4) is 0 Å². The Morgan fingerprint density at radius 1 is 1.43 bits per heavy atom. The summed E-state index contributed by atoms with van der Waals surface area (Å²) in [5.41, 5.74) is 0.610. The van der Waals surface area contributed by atoms with Crippen molar-refractivity contribution >= 4 is 6.03 Å². The van der Waals surface area contributed by atoms with Crippen LogP contribution in [0.4, 0.5) is 13.6 Å². The van der Waals surface area contributed by atoms with E-state index in [9.17, 15) is 18.7 Å². The summed E-state index contributed by atoms with van der Waals surface area (Å²) in [4.78, 5) is 15.6. The highest BCUT2D eigenvalue weighted by molar-refractivity contribution is 5.74. The van der Waals surface area contributed by atoms with Crippen molar-refractivity contribution in [3.63, 3.8) is 0 Å². The second-order valence-corrected chi connectivity index (χ2v) is 6.12. The molecule has 4 unspecified atom stereocenters. The van der Waals surface area contributed by atoms with Crippen molar-refractivity contribution in [1.29, 1.82) is 0 Å². The first-order chi connectivity index (χ1) is 11.0. The van der Waals surface area contributed by atoms with Crippen molar-refractivity contribution in [2.45, 2.75) is 44.6 Å². The fourth-order valence-corrected chi connectivity index (χ4v) is 3.60. The number of carbonyl (C=O) groups is 1. The van der Waals surface area contributed by atoms with Crippen LogP contribution in [-0.4, -0.2) is 34.9 Å². The molecule has 2 fully saturated rings. The number of carbonyl (C=O) groups excluding carboxylic acids is 1. The topological polar surface area (TPSA) is 83.5 Å². The number of nitrogens with zero attached hydrogens (tertiary/aromatic N) is 1. The van der Waals surface area contributed by atoms with Crippen molar-refractivity contribution < 1.29 is 23.4 Å². The van der Waals surface area contributed by atoms with Crippen molar-refractivity contribution in [2.75, 3.05) is 0 Å². The Morgan fingerprint density at radius 3 is 2.96 bits per heavy atom. The van der Waals surface area contributed by atoms with E-state index in [2.05, 4.69) is 20.4 Å². The molecule has 3 rings (SSSR count). The summed E-state index contributed by atoms with van der Waals surface area (Å²) in [6, 6.07) is 2.63. The van der Waals surface area contributed by atoms with Crippen molar-refractivity contribution in [3.8, 4) is 5.88 Å². The van der Waals surface area contributed by atoms with Crippen LogP contribution in [0, 0.1) is 11.8 Å². The Morgan fingerprint density at radius 2 is 2.26 bits per heavy atom. The number of halogens is 2. The molecule has 1 aromatic rings. The number of aliphatic hydroxyl groups is 1. The number of hydrogen-bond donors (Lipinski definition) is 3. The van der Waals surface area contributed by atoms with E-state index in [-0.39, 0.29) is 36.5 Å². The smallest absolute Gasteiger partial charge is 0.388 e. The van der Waals surface area contributed by atoms with Gasteiger partial charge in [-0.2, -0.15) is 8.78 Å². The van der Waals surface area contributed by atoms with Crippen molar-refractivity contribution in [2.24, 2.45) is 11.8 Å². The first-order valence-electron chi connectivity index (χ1n) is 7.63. The third-order valence-corrected chi connectivity index (χ3v) is 4.56. The number of fused-ring (bicyclic) bond motifs is 2. The molecule has 2 bridgehead atoms. The number of alkyl halides is 2. The molecule has 0 aromatic carbocycles. The highest BCUT2D eigenvalue weighted by Crippen LogP contribution is 2.44. The third kappa shape index (κ3) is 3.87. The zero-order valence-electron chi connectivity index (χ0n) is 12.4. The van der Waals surface area contributed by atoms with Crippen LogP contribution in [0.5, 0.6) is 5.88 Å². The third-order valence-electron chi connectivity index (χ3n) is 4.56. The van der Waals surface area contributed by atoms with Crippen LogP contribution >= 0.6 is 0 Å². The molecular weight excluding hydrogens is 308 g/mol. The molecule has 2 aliphatic rings. The second-order valence-electron chi connectivity index (χ2n) is 6.12. The molecule has 2 saturated carbocycles. The first-order valence-corrected chi connectivity index (χ1v) is 7.63. The zero-order valence-corrected chi connectivity index (χ0v) is 12.4. The summed E-state index contributed by atoms with van der Waals surface area (Å²) in [5.74, 6) is 0.447. The number of urea groups is 1. The van der Waals surface area contributed by atoms with E-state index in [0.29, 0.717) is 11.5 Å². The Bertz CT molecular complexity index is 573. The normalized spacial score (nSPS) is 28.9. The summed E-state index contributed by atoms with van der Waals surface area (Å²) >= 11 is 0. The van der Waals surface area contributed by atoms with Crippen LogP contribution < -0.4 is 15.4 Å². The molecule has 8 heteroatoms. The Balaban J connectivity index is 1.48. The van der Waals surface area contributed by atoms with E-state index < -0.39 is 6.61 Å². The minimum atomic E-state index is -2.93. The number of rotatable bonds is 5. The van der Waals surface area contributed by atoms with Crippen LogP contribution in [0.25, 0.3) is 0 Å². The van der Waals surface area contributed by atoms with Crippen LogP contribution in [0.1, 0.15) is 24.8 Å². The predicted octanol–water partition coefficient (Wildman–Crippen LogP) is 1.64. The highest BCUT2D eigenvalue weighted by atomic mass is 19.3. The SMILES string of the molecule is O=C(NCc1ccnc(OC(F)F)c1)NC1CC2CC(O)C1C2. The molecule has 2 aliphatic carbocycles. The zero-order chi connectivity index (χ0) is 16.4. The first kappa shape index (κ1) is 15.9. The van der Waals surface area contributed by atoms with Gasteiger partial charge in [0.05, 0.1) is 6.10 Å². The number of nitrogens with one attached hydrogen (secondary N) is 2. The number of hydrogen-bond acceptors (Lipinski definition) is 4. The maximum absolute atomic E-state index is 12.1. The molecule has 4 atom stereocenters. The largest absolute Gasteiger partial charge is 0.417 e. The molecular formula is C15H19F2N3O3. The number of pyridine rings is 1. The minimum absolute atomic E-state index is 0.00100. The Labute approximate surface area is 132 Å². The van der Waals surface area contributed by atoms with Gasteiger partial charge in [-0.25, -0.2) is 9.78 Å². The summed E-state index contributed by atoms with van der Waals surface area (Å²) < 4.78 is 28.5. The second kappa shape index (κ2) is 6.66. The number of amides is 2. The van der Waals surface area contributed by atoms with Crippen LogP contribution in [-0.2, 0) is 6.54 Å². The van der Waals surface area contributed by atoms with Crippen LogP contribution in [0.2, 0.25) is 0 Å². The summed E-state index contributed by atoms with van der Waals surface area (Å²) in [6.45, 7) is -2.75. The van der Waals surface area contributed by atoms with Gasteiger partial charge in [-0.05, 0) is 36.8 Å². The number of aromatic nitrogens is 1. The van der Waals surface area contributed by atoms with E-state index in [1.54, 1.807) is 6.07 Å². The van der Waals surface area contributed by atoms with Crippen LogP contribution in [0.15, 0.2) is 18.3 Å². The van der Waals surface area contributed by atoms with Crippen molar-refractivity contribution in [3.05, 3.63) is 23.9 Å². The maximum atomic E-state index is 12.1. The molecule has 23 heavy (non-hydrogen) atoms. The molecule has 0 saturated heterocycles. The van der Waals surface area contributed by atoms with Gasteiger partial charge in [0, 0.05) is 30.8 Å². The standard InChI is InChI=1S/C15H19F2N3O3/c16-14(17)23-13-6-8(1-2-18-13)7-19-15(22)20-11-4-9-3-10(11)12(21)5-9/h1-2,6,9-12,14,21H,3-5,7H2,(H2,19,20,22). The van der Waals surface area contributed by atoms with E-state index in [1.807, 2.05) is 0 Å². The lowest BCUT2D eigenvalue weighted by Crippen LogP contribution is -2.46. The Kier molecular flexibility index (Phi) is 4.61. The van der Waals surface area contributed by atoms with Gasteiger partial charge >= 0.3 is 12.6 Å². The predicted molar refractivity (Wildman–Crippen MR) is 76.9 cm³/mol. The highest BCUT2D eigenvalue weighted by Gasteiger charge is 2.45. The molecule has 1 aromatic heterocycles. The molecule has 2 amide bonds. The molecule has 0 spiro atoms. The van der Waals surface area contributed by atoms with E-state index in [1.165, 1.54) is 12.3 Å². The van der Waals surface area contributed by atoms with E-state index >= 15 is 0 Å². The van der Waals surface area contributed by atoms with Gasteiger partial charge in [-0.1, -0.05) is 0 Å². The van der Waals surface area contributed by atoms with Crippen molar-refractivity contribution in [1.82, 2.24) is 15.6 Å². The molecule has 1 heterocycles. The molecule has 6 nitrogen and oxygen atoms in total.